The number of aliphatic hydroxyl groups is 1. The second-order valence-electron chi connectivity index (χ2n) is 4.99. The van der Waals surface area contributed by atoms with E-state index in [0.29, 0.717) is 18.8 Å². The van der Waals surface area contributed by atoms with E-state index in [2.05, 4.69) is 12.2 Å². The lowest BCUT2D eigenvalue weighted by molar-refractivity contribution is -0.130. The van der Waals surface area contributed by atoms with Gasteiger partial charge in [-0.1, -0.05) is 19.8 Å². The third-order valence-electron chi connectivity index (χ3n) is 3.27. The lowest BCUT2D eigenvalue weighted by Gasteiger charge is -2.35. The van der Waals surface area contributed by atoms with E-state index >= 15 is 0 Å². The Morgan fingerprint density at radius 1 is 1.59 bits per heavy atom. The third kappa shape index (κ3) is 3.67. The van der Waals surface area contributed by atoms with Gasteiger partial charge in [0, 0.05) is 0 Å². The van der Waals surface area contributed by atoms with E-state index in [9.17, 15) is 14.7 Å². The fraction of sp³-hybridized carbons (Fsp3) is 0.818. The van der Waals surface area contributed by atoms with Crippen molar-refractivity contribution < 1.29 is 14.7 Å². The van der Waals surface area contributed by atoms with E-state index in [1.807, 2.05) is 0 Å². The van der Waals surface area contributed by atoms with Crippen LogP contribution in [-0.4, -0.2) is 35.1 Å². The average Bonchev–Trinajstić information content (AvgIpc) is 2.24. The topological polar surface area (TPSA) is 118 Å². The molecule has 0 spiro atoms. The highest BCUT2D eigenvalue weighted by Crippen LogP contribution is 2.30. The maximum atomic E-state index is 11.9. The predicted octanol–water partition coefficient (Wildman–Crippen LogP) is -1.14. The molecule has 3 atom stereocenters. The van der Waals surface area contributed by atoms with Crippen LogP contribution in [-0.2, 0) is 9.59 Å². The van der Waals surface area contributed by atoms with Crippen molar-refractivity contribution in [1.82, 2.24) is 5.32 Å². The van der Waals surface area contributed by atoms with Crippen LogP contribution in [0.5, 0.6) is 0 Å². The Bertz CT molecular complexity index is 308. The van der Waals surface area contributed by atoms with Gasteiger partial charge in [-0.25, -0.2) is 0 Å². The third-order valence-corrected chi connectivity index (χ3v) is 3.27. The van der Waals surface area contributed by atoms with Crippen LogP contribution in [0.1, 0.15) is 32.6 Å². The van der Waals surface area contributed by atoms with E-state index in [1.165, 1.54) is 0 Å². The molecule has 17 heavy (non-hydrogen) atoms. The highest BCUT2D eigenvalue weighted by molar-refractivity contribution is 5.87. The van der Waals surface area contributed by atoms with Gasteiger partial charge < -0.3 is 21.9 Å². The summed E-state index contributed by atoms with van der Waals surface area (Å²) in [5.74, 6) is -0.752. The van der Waals surface area contributed by atoms with Crippen LogP contribution in [0.4, 0.5) is 0 Å². The molecule has 1 fully saturated rings. The Labute approximate surface area is 101 Å². The maximum absolute atomic E-state index is 11.9. The van der Waals surface area contributed by atoms with Crippen molar-refractivity contribution in [3.05, 3.63) is 0 Å². The van der Waals surface area contributed by atoms with Gasteiger partial charge in [0.15, 0.2) is 0 Å². The van der Waals surface area contributed by atoms with Crippen molar-refractivity contribution >= 4 is 11.8 Å². The van der Waals surface area contributed by atoms with E-state index in [0.717, 1.165) is 12.8 Å². The lowest BCUT2D eigenvalue weighted by atomic mass is 9.76. The maximum Gasteiger partial charge on any atom is 0.248 e. The highest BCUT2D eigenvalue weighted by atomic mass is 16.3. The fourth-order valence-corrected chi connectivity index (χ4v) is 2.26. The Balaban J connectivity index is 2.48. The molecule has 6 N–H and O–H groups in total. The zero-order valence-corrected chi connectivity index (χ0v) is 10.1. The van der Waals surface area contributed by atoms with Crippen molar-refractivity contribution in [3.63, 3.8) is 0 Å². The van der Waals surface area contributed by atoms with E-state index < -0.39 is 17.6 Å². The van der Waals surface area contributed by atoms with Crippen LogP contribution in [0.15, 0.2) is 0 Å². The van der Waals surface area contributed by atoms with Crippen LogP contribution in [0.25, 0.3) is 0 Å². The fourth-order valence-electron chi connectivity index (χ4n) is 2.26. The summed E-state index contributed by atoms with van der Waals surface area (Å²) in [4.78, 5) is 22.5. The summed E-state index contributed by atoms with van der Waals surface area (Å²) in [5, 5.41) is 11.7. The summed E-state index contributed by atoms with van der Waals surface area (Å²) in [6, 6.07) is 0. The molecule has 2 amide bonds. The summed E-state index contributed by atoms with van der Waals surface area (Å²) in [5.41, 5.74) is 10.0. The molecular formula is C11H21N3O3. The first-order chi connectivity index (χ1) is 7.85. The summed E-state index contributed by atoms with van der Waals surface area (Å²) in [7, 11) is 0. The molecule has 0 aliphatic heterocycles. The van der Waals surface area contributed by atoms with Gasteiger partial charge in [-0.15, -0.1) is 0 Å². The molecule has 0 radical (unpaired) electrons. The summed E-state index contributed by atoms with van der Waals surface area (Å²) in [6.45, 7) is 1.88. The number of carbonyl (C=O) groups excluding carboxylic acids is 2. The number of carbonyl (C=O) groups is 2. The first-order valence-electron chi connectivity index (χ1n) is 5.90. The number of rotatable bonds is 4. The predicted molar refractivity (Wildman–Crippen MR) is 62.8 cm³/mol. The van der Waals surface area contributed by atoms with Crippen LogP contribution >= 0.6 is 0 Å². The standard InChI is InChI=1S/C11H21N3O3/c1-7-3-2-4-11(13,5-7)10(17)14-6-8(15)9(12)16/h7-8,15H,2-6,13H2,1H3,(H2,12,16)(H,14,17). The highest BCUT2D eigenvalue weighted by Gasteiger charge is 2.37. The molecule has 6 heteroatoms. The quantitative estimate of drug-likeness (QED) is 0.499. The SMILES string of the molecule is CC1CCCC(N)(C(=O)NCC(O)C(N)=O)C1. The Morgan fingerprint density at radius 3 is 2.76 bits per heavy atom. The minimum Gasteiger partial charge on any atom is -0.381 e. The smallest absolute Gasteiger partial charge is 0.248 e. The van der Waals surface area contributed by atoms with Gasteiger partial charge in [0.25, 0.3) is 0 Å². The first kappa shape index (κ1) is 13.9. The molecule has 1 rings (SSSR count). The number of amides is 2. The van der Waals surface area contributed by atoms with Crippen molar-refractivity contribution in [2.45, 2.75) is 44.2 Å². The van der Waals surface area contributed by atoms with E-state index in [-0.39, 0.29) is 12.5 Å². The summed E-state index contributed by atoms with van der Waals surface area (Å²) < 4.78 is 0. The molecule has 98 valence electrons. The molecule has 1 saturated carbocycles. The van der Waals surface area contributed by atoms with Gasteiger partial charge in [-0.2, -0.15) is 0 Å². The molecule has 0 aromatic heterocycles. The zero-order valence-electron chi connectivity index (χ0n) is 10.1. The van der Waals surface area contributed by atoms with Crippen LogP contribution in [0, 0.1) is 5.92 Å². The number of nitrogens with two attached hydrogens (primary N) is 2. The Morgan fingerprint density at radius 2 is 2.24 bits per heavy atom. The van der Waals surface area contributed by atoms with Gasteiger partial charge in [0.05, 0.1) is 12.1 Å². The van der Waals surface area contributed by atoms with Crippen LogP contribution < -0.4 is 16.8 Å². The minimum atomic E-state index is -1.36. The normalized spacial score (nSPS) is 30.6. The molecule has 0 heterocycles. The number of hydrogen-bond acceptors (Lipinski definition) is 4. The lowest BCUT2D eigenvalue weighted by Crippen LogP contribution is -2.57. The van der Waals surface area contributed by atoms with Gasteiger partial charge >= 0.3 is 0 Å². The van der Waals surface area contributed by atoms with Crippen LogP contribution in [0.3, 0.4) is 0 Å². The van der Waals surface area contributed by atoms with Crippen molar-refractivity contribution in [3.8, 4) is 0 Å². The number of nitrogens with one attached hydrogen (secondary N) is 1. The first-order valence-corrected chi connectivity index (χ1v) is 5.90. The molecule has 0 aromatic carbocycles. The van der Waals surface area contributed by atoms with Gasteiger partial charge in [0.2, 0.25) is 11.8 Å². The van der Waals surface area contributed by atoms with Crippen molar-refractivity contribution in [2.24, 2.45) is 17.4 Å². The molecule has 0 saturated heterocycles. The molecule has 0 bridgehead atoms. The monoisotopic (exact) mass is 243 g/mol. The molecular weight excluding hydrogens is 222 g/mol. The van der Waals surface area contributed by atoms with Crippen molar-refractivity contribution in [2.75, 3.05) is 6.54 Å². The Hall–Kier alpha value is -1.14. The molecule has 1 aliphatic rings. The largest absolute Gasteiger partial charge is 0.381 e. The second-order valence-corrected chi connectivity index (χ2v) is 4.99. The van der Waals surface area contributed by atoms with Gasteiger partial charge in [0.1, 0.15) is 6.10 Å². The number of hydrogen-bond donors (Lipinski definition) is 4. The van der Waals surface area contributed by atoms with Crippen molar-refractivity contribution in [1.29, 1.82) is 0 Å². The summed E-state index contributed by atoms with van der Waals surface area (Å²) in [6.07, 6.45) is 1.91. The van der Waals surface area contributed by atoms with E-state index in [4.69, 9.17) is 11.5 Å². The minimum absolute atomic E-state index is 0.179. The molecule has 3 unspecified atom stereocenters. The molecule has 6 nitrogen and oxygen atoms in total. The number of aliphatic hydroxyl groups excluding tert-OH is 1. The number of primary amides is 1. The van der Waals surface area contributed by atoms with Gasteiger partial charge in [-0.05, 0) is 18.8 Å². The Kier molecular flexibility index (Phi) is 4.47. The molecule has 0 aromatic rings. The summed E-state index contributed by atoms with van der Waals surface area (Å²) >= 11 is 0. The molecule has 1 aliphatic carbocycles. The second kappa shape index (κ2) is 5.46. The van der Waals surface area contributed by atoms with Gasteiger partial charge in [-0.3, -0.25) is 9.59 Å². The zero-order chi connectivity index (χ0) is 13.1. The van der Waals surface area contributed by atoms with Crippen LogP contribution in [0.2, 0.25) is 0 Å². The van der Waals surface area contributed by atoms with E-state index in [1.54, 1.807) is 0 Å². The average molecular weight is 243 g/mol.